The first-order valence-corrected chi connectivity index (χ1v) is 7.59. The van der Waals surface area contributed by atoms with Gasteiger partial charge in [0.2, 0.25) is 11.7 Å². The lowest BCUT2D eigenvalue weighted by atomic mass is 9.95. The number of aryl methyl sites for hydroxylation is 1. The number of hydrogen-bond acceptors (Lipinski definition) is 5. The van der Waals surface area contributed by atoms with E-state index in [1.54, 1.807) is 6.92 Å². The number of aliphatic hydroxyl groups excluding tert-OH is 1. The van der Waals surface area contributed by atoms with Crippen LogP contribution in [-0.4, -0.2) is 38.1 Å². The predicted molar refractivity (Wildman–Crippen MR) is 79.2 cm³/mol. The minimum Gasteiger partial charge on any atom is -0.396 e. The molecule has 2 rings (SSSR count). The molecule has 0 spiro atoms. The van der Waals surface area contributed by atoms with Crippen LogP contribution in [0.5, 0.6) is 0 Å². The zero-order valence-corrected chi connectivity index (χ0v) is 12.7. The van der Waals surface area contributed by atoms with Crippen molar-refractivity contribution in [2.75, 3.05) is 6.61 Å². The van der Waals surface area contributed by atoms with Gasteiger partial charge < -0.3 is 20.5 Å². The first kappa shape index (κ1) is 16.4. The number of rotatable bonds is 5. The average molecular weight is 310 g/mol. The predicted octanol–water partition coefficient (Wildman–Crippen LogP) is 1.16. The molecule has 2 unspecified atom stereocenters. The summed E-state index contributed by atoms with van der Waals surface area (Å²) in [5, 5.41) is 23.1. The topological polar surface area (TPSA) is 110 Å². The third kappa shape index (κ3) is 4.03. The monoisotopic (exact) mass is 310 g/mol. The molecule has 1 amide bonds. The van der Waals surface area contributed by atoms with Gasteiger partial charge in [0.1, 0.15) is 12.7 Å². The number of carbonyl (C=O) groups is 1. The Morgan fingerprint density at radius 3 is 2.86 bits per heavy atom. The van der Waals surface area contributed by atoms with Gasteiger partial charge in [0.15, 0.2) is 0 Å². The van der Waals surface area contributed by atoms with E-state index in [0.29, 0.717) is 5.82 Å². The zero-order chi connectivity index (χ0) is 16.1. The molecule has 2 N–H and O–H groups in total. The van der Waals surface area contributed by atoms with Crippen molar-refractivity contribution < 1.29 is 14.8 Å². The molecule has 2 atom stereocenters. The number of hydrogen-bond donors (Lipinski definition) is 2. The van der Waals surface area contributed by atoms with E-state index in [2.05, 4.69) is 10.3 Å². The maximum atomic E-state index is 12.2. The molecule has 0 radical (unpaired) electrons. The smallest absolute Gasteiger partial charge is 0.381 e. The molecule has 1 aliphatic carbocycles. The standard InChI is InChI=1S/C14H22N4O4/c1-10-15-13(18(21)22)7-17(10)8-14(20)16-12-6-4-2-3-5-11(12)9-19/h7,11-12,19H,2-6,8-9H2,1H3,(H,16,20). The summed E-state index contributed by atoms with van der Waals surface area (Å²) in [7, 11) is 0. The molecule has 8 nitrogen and oxygen atoms in total. The van der Waals surface area contributed by atoms with Crippen LogP contribution in [0.1, 0.15) is 37.9 Å². The molecule has 8 heteroatoms. The van der Waals surface area contributed by atoms with Crippen LogP contribution in [0.2, 0.25) is 0 Å². The molecule has 22 heavy (non-hydrogen) atoms. The number of nitrogens with one attached hydrogen (secondary N) is 1. The quantitative estimate of drug-likeness (QED) is 0.481. The van der Waals surface area contributed by atoms with E-state index in [9.17, 15) is 20.0 Å². The second-order valence-electron chi connectivity index (χ2n) is 5.79. The normalized spacial score (nSPS) is 22.1. The van der Waals surface area contributed by atoms with E-state index in [1.807, 2.05) is 0 Å². The number of nitro groups is 1. The van der Waals surface area contributed by atoms with Gasteiger partial charge in [-0.05, 0) is 22.7 Å². The number of aliphatic hydroxyl groups is 1. The van der Waals surface area contributed by atoms with Gasteiger partial charge in [-0.2, -0.15) is 0 Å². The molecule has 1 aromatic heterocycles. The van der Waals surface area contributed by atoms with E-state index >= 15 is 0 Å². The van der Waals surface area contributed by atoms with Crippen molar-refractivity contribution in [1.82, 2.24) is 14.9 Å². The van der Waals surface area contributed by atoms with Crippen LogP contribution in [0.15, 0.2) is 6.20 Å². The lowest BCUT2D eigenvalue weighted by Gasteiger charge is -2.24. The molecule has 0 saturated heterocycles. The number of imidazole rings is 1. The van der Waals surface area contributed by atoms with E-state index in [0.717, 1.165) is 32.1 Å². The number of aromatic nitrogens is 2. The largest absolute Gasteiger partial charge is 0.396 e. The van der Waals surface area contributed by atoms with E-state index in [4.69, 9.17) is 0 Å². The lowest BCUT2D eigenvalue weighted by Crippen LogP contribution is -2.42. The highest BCUT2D eigenvalue weighted by Crippen LogP contribution is 2.23. The second kappa shape index (κ2) is 7.35. The van der Waals surface area contributed by atoms with Crippen molar-refractivity contribution in [2.24, 2.45) is 5.92 Å². The summed E-state index contributed by atoms with van der Waals surface area (Å²) in [5.74, 6) is 0.0554. The van der Waals surface area contributed by atoms with Gasteiger partial charge >= 0.3 is 5.82 Å². The minimum absolute atomic E-state index is 0.00131. The highest BCUT2D eigenvalue weighted by Gasteiger charge is 2.25. The van der Waals surface area contributed by atoms with E-state index in [-0.39, 0.29) is 36.8 Å². The van der Waals surface area contributed by atoms with Crippen LogP contribution in [0.3, 0.4) is 0 Å². The Kier molecular flexibility index (Phi) is 5.48. The Morgan fingerprint density at radius 2 is 2.23 bits per heavy atom. The molecule has 122 valence electrons. The molecular weight excluding hydrogens is 288 g/mol. The van der Waals surface area contributed by atoms with Crippen LogP contribution in [0.4, 0.5) is 5.82 Å². The summed E-state index contributed by atoms with van der Waals surface area (Å²) in [6.45, 7) is 1.70. The molecule has 0 bridgehead atoms. The second-order valence-corrected chi connectivity index (χ2v) is 5.79. The van der Waals surface area contributed by atoms with Crippen LogP contribution in [-0.2, 0) is 11.3 Å². The fourth-order valence-corrected chi connectivity index (χ4v) is 2.94. The third-order valence-corrected chi connectivity index (χ3v) is 4.20. The fraction of sp³-hybridized carbons (Fsp3) is 0.714. The summed E-state index contributed by atoms with van der Waals surface area (Å²) in [6.07, 6.45) is 6.28. The number of nitrogens with zero attached hydrogens (tertiary/aromatic N) is 3. The molecule has 0 aromatic carbocycles. The molecule has 1 aromatic rings. The van der Waals surface area contributed by atoms with Crippen molar-refractivity contribution in [1.29, 1.82) is 0 Å². The fourth-order valence-electron chi connectivity index (χ4n) is 2.94. The van der Waals surface area contributed by atoms with Gasteiger partial charge in [0.25, 0.3) is 0 Å². The van der Waals surface area contributed by atoms with Gasteiger partial charge in [-0.3, -0.25) is 9.36 Å². The summed E-state index contributed by atoms with van der Waals surface area (Å²) in [6, 6.07) is -0.0289. The number of amides is 1. The summed E-state index contributed by atoms with van der Waals surface area (Å²) in [5.41, 5.74) is 0. The van der Waals surface area contributed by atoms with Crippen LogP contribution in [0.25, 0.3) is 0 Å². The Hall–Kier alpha value is -1.96. The van der Waals surface area contributed by atoms with Crippen molar-refractivity contribution in [2.45, 2.75) is 51.6 Å². The first-order chi connectivity index (χ1) is 10.5. The van der Waals surface area contributed by atoms with Crippen molar-refractivity contribution >= 4 is 11.7 Å². The Balaban J connectivity index is 1.98. The summed E-state index contributed by atoms with van der Waals surface area (Å²) >= 11 is 0. The van der Waals surface area contributed by atoms with Gasteiger partial charge in [0, 0.05) is 25.5 Å². The van der Waals surface area contributed by atoms with Crippen LogP contribution >= 0.6 is 0 Å². The van der Waals surface area contributed by atoms with Crippen molar-refractivity contribution in [3.8, 4) is 0 Å². The molecule has 1 aliphatic rings. The first-order valence-electron chi connectivity index (χ1n) is 7.59. The van der Waals surface area contributed by atoms with E-state index in [1.165, 1.54) is 10.8 Å². The molecule has 1 saturated carbocycles. The van der Waals surface area contributed by atoms with Gasteiger partial charge in [-0.1, -0.05) is 19.3 Å². The van der Waals surface area contributed by atoms with Crippen molar-refractivity contribution in [3.05, 3.63) is 22.1 Å². The maximum Gasteiger partial charge on any atom is 0.381 e. The van der Waals surface area contributed by atoms with Gasteiger partial charge in [0.05, 0.1) is 0 Å². The molecule has 0 aliphatic heterocycles. The molecule has 1 heterocycles. The third-order valence-electron chi connectivity index (χ3n) is 4.20. The van der Waals surface area contributed by atoms with Crippen LogP contribution in [0, 0.1) is 23.0 Å². The maximum absolute atomic E-state index is 12.2. The van der Waals surface area contributed by atoms with Gasteiger partial charge in [-0.15, -0.1) is 0 Å². The molecular formula is C14H22N4O4. The summed E-state index contributed by atoms with van der Waals surface area (Å²) in [4.78, 5) is 26.1. The number of carbonyl (C=O) groups excluding carboxylic acids is 1. The zero-order valence-electron chi connectivity index (χ0n) is 12.7. The minimum atomic E-state index is -0.575. The highest BCUT2D eigenvalue weighted by molar-refractivity contribution is 5.76. The highest BCUT2D eigenvalue weighted by atomic mass is 16.6. The average Bonchev–Trinajstić information content (AvgIpc) is 2.70. The van der Waals surface area contributed by atoms with Crippen molar-refractivity contribution in [3.63, 3.8) is 0 Å². The Bertz CT molecular complexity index is 543. The Labute approximate surface area is 128 Å². The summed E-state index contributed by atoms with van der Waals surface area (Å²) < 4.78 is 1.47. The lowest BCUT2D eigenvalue weighted by molar-refractivity contribution is -0.389. The molecule has 1 fully saturated rings. The van der Waals surface area contributed by atoms with E-state index < -0.39 is 4.92 Å². The SMILES string of the molecule is Cc1nc([N+](=O)[O-])cn1CC(=O)NC1CCCCCC1CO. The Morgan fingerprint density at radius 1 is 1.50 bits per heavy atom. The van der Waals surface area contributed by atoms with Gasteiger partial charge in [-0.25, -0.2) is 0 Å². The van der Waals surface area contributed by atoms with Crippen LogP contribution < -0.4 is 5.32 Å².